The number of aromatic nitrogens is 1. The minimum atomic E-state index is -1.57. The van der Waals surface area contributed by atoms with Gasteiger partial charge in [0.15, 0.2) is 0 Å². The van der Waals surface area contributed by atoms with Crippen LogP contribution in [0.15, 0.2) is 18.2 Å². The van der Waals surface area contributed by atoms with Gasteiger partial charge in [-0.2, -0.15) is 0 Å². The third-order valence-electron chi connectivity index (χ3n) is 9.29. The van der Waals surface area contributed by atoms with E-state index in [1.165, 1.54) is 6.07 Å². The first kappa shape index (κ1) is 49.2. The fraction of sp³-hybridized carbons (Fsp3) is 0.611. The zero-order valence-corrected chi connectivity index (χ0v) is 32.5. The number of carbonyl (C=O) groups is 9. The van der Waals surface area contributed by atoms with Gasteiger partial charge >= 0.3 is 41.8 Å². The number of pyridine rings is 1. The fourth-order valence-electron chi connectivity index (χ4n) is 6.10. The van der Waals surface area contributed by atoms with Gasteiger partial charge in [0.05, 0.1) is 12.2 Å². The highest BCUT2D eigenvalue weighted by Gasteiger charge is 2.29. The van der Waals surface area contributed by atoms with E-state index in [0.29, 0.717) is 44.6 Å². The van der Waals surface area contributed by atoms with E-state index in [0.717, 1.165) is 0 Å². The van der Waals surface area contributed by atoms with Gasteiger partial charge in [0, 0.05) is 78.2 Å². The van der Waals surface area contributed by atoms with E-state index in [1.807, 2.05) is 10.2 Å². The summed E-state index contributed by atoms with van der Waals surface area (Å²) in [4.78, 5) is 115. The number of carbonyl (C=O) groups excluding carboxylic acids is 3. The molecule has 1 saturated heterocycles. The number of hydrogen-bond donors (Lipinski definition) is 10. The molecule has 2 rings (SSSR count). The van der Waals surface area contributed by atoms with E-state index in [9.17, 15) is 63.6 Å². The number of aliphatic carboxylic acids is 5. The topological polar surface area (TPSA) is 346 Å². The van der Waals surface area contributed by atoms with Crippen LogP contribution in [0, 0.1) is 0 Å². The first-order valence-corrected chi connectivity index (χ1v) is 19.1. The summed E-state index contributed by atoms with van der Waals surface area (Å²) in [6, 6.07) is -0.653. The van der Waals surface area contributed by atoms with Crippen LogP contribution in [0.25, 0.3) is 0 Å². The second kappa shape index (κ2) is 26.1. The first-order valence-electron chi connectivity index (χ1n) is 19.1. The second-order valence-electron chi connectivity index (χ2n) is 13.8. The Morgan fingerprint density at radius 1 is 0.610 bits per heavy atom. The molecule has 59 heavy (non-hydrogen) atoms. The summed E-state index contributed by atoms with van der Waals surface area (Å²) < 4.78 is 0. The average molecular weight is 839 g/mol. The van der Waals surface area contributed by atoms with E-state index in [4.69, 9.17) is 10.2 Å². The van der Waals surface area contributed by atoms with E-state index in [1.54, 1.807) is 21.9 Å². The molecule has 0 saturated carbocycles. The van der Waals surface area contributed by atoms with Crippen molar-refractivity contribution >= 4 is 53.7 Å². The lowest BCUT2D eigenvalue weighted by molar-refractivity contribution is -0.144. The van der Waals surface area contributed by atoms with Crippen LogP contribution in [0.1, 0.15) is 74.0 Å². The lowest BCUT2D eigenvalue weighted by Crippen LogP contribution is -2.51. The van der Waals surface area contributed by atoms with Crippen molar-refractivity contribution in [1.29, 1.82) is 0 Å². The Bertz CT molecular complexity index is 1630. The zero-order valence-electron chi connectivity index (χ0n) is 32.5. The molecule has 1 aliphatic heterocycles. The molecule has 1 aromatic rings. The number of unbranched alkanes of at least 4 members (excludes halogenated alkanes) is 2. The number of hydrogen-bond acceptors (Lipinski definition) is 13. The maximum atomic E-state index is 12.7. The quantitative estimate of drug-likeness (QED) is 0.0488. The maximum Gasteiger partial charge on any atom is 0.354 e. The Balaban J connectivity index is 1.77. The van der Waals surface area contributed by atoms with Crippen molar-refractivity contribution < 1.29 is 73.8 Å². The number of carboxylic acid groups (broad SMARTS) is 6. The monoisotopic (exact) mass is 838 g/mol. The van der Waals surface area contributed by atoms with E-state index >= 15 is 0 Å². The molecule has 328 valence electrons. The first-order chi connectivity index (χ1) is 27.9. The molecule has 23 nitrogen and oxygen atoms in total. The standard InChI is InChI=1S/C36H54N8O15/c45-28(10-7-25(33(53)54)40-36(59)41-26(34(55)56)8-12-30(47)48)37-13-2-1-3-14-38-29(46)11-9-27(35(57)58)44-19-17-42(15-16-43(18-20-44)22-31(49)50)21-23-5-4-6-24(39-23)32(51)52/h4-6,25-27H,1-3,7-22H2,(H,37,45)(H,38,46)(H,47,48)(H,49,50)(H,51,52)(H,53,54)(H,55,56)(H,57,58)(H2,40,41,59)/t25-,26?,27?/m1/s1. The molecular formula is C36H54N8O15. The van der Waals surface area contributed by atoms with Gasteiger partial charge < -0.3 is 51.9 Å². The minimum absolute atomic E-state index is 0.00703. The molecule has 1 aromatic heterocycles. The number of rotatable bonds is 26. The molecular weight excluding hydrogens is 784 g/mol. The van der Waals surface area contributed by atoms with Gasteiger partial charge in [0.2, 0.25) is 11.8 Å². The number of aromatic carboxylic acids is 1. The SMILES string of the molecule is O=C(O)CCC(NC(=O)N[C@H](CCC(=O)NCCCCCNC(=O)CCC(C(=O)O)N1CCN(CC(=O)O)CCN(Cc2cccc(C(=O)O)n2)CC1)C(=O)O)C(=O)O. The van der Waals surface area contributed by atoms with Gasteiger partial charge in [-0.1, -0.05) is 6.07 Å². The van der Waals surface area contributed by atoms with Crippen LogP contribution in [0.5, 0.6) is 0 Å². The summed E-state index contributed by atoms with van der Waals surface area (Å²) >= 11 is 0. The number of nitrogens with one attached hydrogen (secondary N) is 4. The van der Waals surface area contributed by atoms with Crippen molar-refractivity contribution in [1.82, 2.24) is 41.0 Å². The summed E-state index contributed by atoms with van der Waals surface area (Å²) in [6.07, 6.45) is 0.0143. The molecule has 0 aromatic carbocycles. The molecule has 1 aliphatic rings. The van der Waals surface area contributed by atoms with E-state index in [2.05, 4.69) is 20.9 Å². The normalized spacial score (nSPS) is 15.5. The molecule has 0 bridgehead atoms. The summed E-state index contributed by atoms with van der Waals surface area (Å²) in [6.45, 7) is 2.52. The van der Waals surface area contributed by atoms with Gasteiger partial charge in [-0.3, -0.25) is 38.7 Å². The van der Waals surface area contributed by atoms with Crippen molar-refractivity contribution in [2.45, 2.75) is 82.5 Å². The predicted molar refractivity (Wildman–Crippen MR) is 203 cm³/mol. The Kier molecular flexibility index (Phi) is 21.8. The molecule has 2 heterocycles. The van der Waals surface area contributed by atoms with Crippen LogP contribution < -0.4 is 21.3 Å². The van der Waals surface area contributed by atoms with Gasteiger partial charge in [-0.05, 0) is 50.7 Å². The Hall–Kier alpha value is -5.94. The van der Waals surface area contributed by atoms with Crippen molar-refractivity contribution in [3.05, 3.63) is 29.6 Å². The summed E-state index contributed by atoms with van der Waals surface area (Å²) in [5.41, 5.74) is 0.373. The number of urea groups is 1. The van der Waals surface area contributed by atoms with Gasteiger partial charge in [-0.15, -0.1) is 0 Å². The molecule has 10 N–H and O–H groups in total. The van der Waals surface area contributed by atoms with Crippen molar-refractivity contribution in [2.24, 2.45) is 0 Å². The predicted octanol–water partition coefficient (Wildman–Crippen LogP) is -1.23. The number of amides is 4. The van der Waals surface area contributed by atoms with E-state index in [-0.39, 0.29) is 83.1 Å². The number of carboxylic acids is 6. The van der Waals surface area contributed by atoms with Crippen molar-refractivity contribution in [3.63, 3.8) is 0 Å². The largest absolute Gasteiger partial charge is 0.481 e. The average Bonchev–Trinajstić information content (AvgIpc) is 3.25. The van der Waals surface area contributed by atoms with Crippen molar-refractivity contribution in [2.75, 3.05) is 58.9 Å². The minimum Gasteiger partial charge on any atom is -0.481 e. The molecule has 1 fully saturated rings. The van der Waals surface area contributed by atoms with E-state index < -0.39 is 78.7 Å². The highest BCUT2D eigenvalue weighted by atomic mass is 16.4. The van der Waals surface area contributed by atoms with Crippen LogP contribution in [0.4, 0.5) is 4.79 Å². The van der Waals surface area contributed by atoms with Crippen LogP contribution in [0.2, 0.25) is 0 Å². The lowest BCUT2D eigenvalue weighted by Gasteiger charge is -2.30. The molecule has 2 unspecified atom stereocenters. The number of nitrogens with zero attached hydrogens (tertiary/aromatic N) is 4. The van der Waals surface area contributed by atoms with Crippen LogP contribution in [-0.2, 0) is 40.1 Å². The Labute approximate surface area is 339 Å². The Morgan fingerprint density at radius 2 is 1.14 bits per heavy atom. The van der Waals surface area contributed by atoms with Crippen molar-refractivity contribution in [3.8, 4) is 0 Å². The highest BCUT2D eigenvalue weighted by Crippen LogP contribution is 2.13. The van der Waals surface area contributed by atoms with Gasteiger partial charge in [0.1, 0.15) is 23.8 Å². The fourth-order valence-corrected chi connectivity index (χ4v) is 6.10. The van der Waals surface area contributed by atoms with Crippen LogP contribution in [0.3, 0.4) is 0 Å². The molecule has 23 heteroatoms. The summed E-state index contributed by atoms with van der Waals surface area (Å²) in [5, 5.41) is 65.6. The molecule has 0 spiro atoms. The second-order valence-corrected chi connectivity index (χ2v) is 13.8. The molecule has 0 radical (unpaired) electrons. The zero-order chi connectivity index (χ0) is 43.9. The molecule has 4 amide bonds. The van der Waals surface area contributed by atoms with Crippen LogP contribution >= 0.6 is 0 Å². The third-order valence-corrected chi connectivity index (χ3v) is 9.29. The lowest BCUT2D eigenvalue weighted by atomic mass is 10.1. The molecule has 0 aliphatic carbocycles. The maximum absolute atomic E-state index is 12.7. The third kappa shape index (κ3) is 20.4. The summed E-state index contributed by atoms with van der Waals surface area (Å²) in [7, 11) is 0. The highest BCUT2D eigenvalue weighted by molar-refractivity contribution is 5.87. The summed E-state index contributed by atoms with van der Waals surface area (Å²) in [5.74, 6) is -8.45. The van der Waals surface area contributed by atoms with Gasteiger partial charge in [-0.25, -0.2) is 24.2 Å². The van der Waals surface area contributed by atoms with Gasteiger partial charge in [0.25, 0.3) is 0 Å². The van der Waals surface area contributed by atoms with Crippen LogP contribution in [-0.4, -0.2) is 181 Å². The smallest absolute Gasteiger partial charge is 0.354 e. The molecule has 3 atom stereocenters. The Morgan fingerprint density at radius 3 is 1.66 bits per heavy atom.